The smallest absolute Gasteiger partial charge is 0.136 e. The molecule has 6 heteroatoms. The molecule has 1 aromatic carbocycles. The van der Waals surface area contributed by atoms with Gasteiger partial charge in [-0.15, -0.1) is 0 Å². The second-order valence-electron chi connectivity index (χ2n) is 5.34. The van der Waals surface area contributed by atoms with Gasteiger partial charge in [0.15, 0.2) is 0 Å². The van der Waals surface area contributed by atoms with E-state index in [1.807, 2.05) is 13.0 Å². The van der Waals surface area contributed by atoms with Gasteiger partial charge >= 0.3 is 0 Å². The molecular weight excluding hydrogens is 283 g/mol. The Labute approximate surface area is 128 Å². The van der Waals surface area contributed by atoms with E-state index in [1.54, 1.807) is 12.1 Å². The van der Waals surface area contributed by atoms with Crippen molar-refractivity contribution in [2.75, 3.05) is 23.8 Å². The first kappa shape index (κ1) is 14.7. The molecule has 1 aliphatic heterocycles. The molecule has 0 aliphatic carbocycles. The number of nitrogens with zero attached hydrogens (tertiary/aromatic N) is 2. The predicted molar refractivity (Wildman–Crippen MR) is 83.9 cm³/mol. The molecule has 116 valence electrons. The monoisotopic (exact) mass is 302 g/mol. The SMILES string of the molecule is Cc1nc(NCC2CCCO2)cc(Nc2cccc(F)c2)n1. The fourth-order valence-electron chi connectivity index (χ4n) is 2.46. The summed E-state index contributed by atoms with van der Waals surface area (Å²) in [6.45, 7) is 3.39. The third-order valence-electron chi connectivity index (χ3n) is 3.47. The van der Waals surface area contributed by atoms with Crippen LogP contribution in [0, 0.1) is 12.7 Å². The average Bonchev–Trinajstić information content (AvgIpc) is 2.98. The first-order valence-corrected chi connectivity index (χ1v) is 7.43. The Morgan fingerprint density at radius 3 is 2.91 bits per heavy atom. The topological polar surface area (TPSA) is 59.1 Å². The predicted octanol–water partition coefficient (Wildman–Crippen LogP) is 3.26. The van der Waals surface area contributed by atoms with E-state index < -0.39 is 0 Å². The van der Waals surface area contributed by atoms with Gasteiger partial charge in [0, 0.05) is 24.9 Å². The second kappa shape index (κ2) is 6.70. The molecule has 2 aromatic rings. The average molecular weight is 302 g/mol. The zero-order chi connectivity index (χ0) is 15.4. The molecule has 5 nitrogen and oxygen atoms in total. The van der Waals surface area contributed by atoms with Gasteiger partial charge in [0.05, 0.1) is 6.10 Å². The van der Waals surface area contributed by atoms with Gasteiger partial charge in [-0.2, -0.15) is 0 Å². The number of benzene rings is 1. The Bertz CT molecular complexity index is 644. The van der Waals surface area contributed by atoms with Crippen LogP contribution >= 0.6 is 0 Å². The van der Waals surface area contributed by atoms with Gasteiger partial charge in [0.2, 0.25) is 0 Å². The highest BCUT2D eigenvalue weighted by Gasteiger charge is 2.15. The van der Waals surface area contributed by atoms with Crippen molar-refractivity contribution in [2.24, 2.45) is 0 Å². The van der Waals surface area contributed by atoms with E-state index in [-0.39, 0.29) is 11.9 Å². The minimum absolute atomic E-state index is 0.245. The molecule has 22 heavy (non-hydrogen) atoms. The van der Waals surface area contributed by atoms with Crippen LogP contribution in [-0.4, -0.2) is 29.2 Å². The van der Waals surface area contributed by atoms with Crippen molar-refractivity contribution in [3.63, 3.8) is 0 Å². The van der Waals surface area contributed by atoms with Crippen LogP contribution in [0.1, 0.15) is 18.7 Å². The summed E-state index contributed by atoms with van der Waals surface area (Å²) in [5, 5.41) is 6.37. The lowest BCUT2D eigenvalue weighted by Gasteiger charge is -2.13. The van der Waals surface area contributed by atoms with Crippen molar-refractivity contribution < 1.29 is 9.13 Å². The summed E-state index contributed by atoms with van der Waals surface area (Å²) in [7, 11) is 0. The lowest BCUT2D eigenvalue weighted by atomic mass is 10.2. The first-order chi connectivity index (χ1) is 10.7. The van der Waals surface area contributed by atoms with Crippen LogP contribution in [-0.2, 0) is 4.74 Å². The zero-order valence-corrected chi connectivity index (χ0v) is 12.5. The van der Waals surface area contributed by atoms with Crippen molar-refractivity contribution >= 4 is 17.3 Å². The largest absolute Gasteiger partial charge is 0.376 e. The van der Waals surface area contributed by atoms with Crippen LogP contribution in [0.25, 0.3) is 0 Å². The quantitative estimate of drug-likeness (QED) is 0.888. The number of aromatic nitrogens is 2. The minimum atomic E-state index is -0.285. The van der Waals surface area contributed by atoms with Gasteiger partial charge < -0.3 is 15.4 Å². The van der Waals surface area contributed by atoms with E-state index >= 15 is 0 Å². The first-order valence-electron chi connectivity index (χ1n) is 7.43. The standard InChI is InChI=1S/C16H19FN4O/c1-11-19-15(18-10-14-6-3-7-22-14)9-16(20-11)21-13-5-2-4-12(17)8-13/h2,4-5,8-9,14H,3,6-7,10H2,1H3,(H2,18,19,20,21). The number of ether oxygens (including phenoxy) is 1. The molecule has 1 aromatic heterocycles. The summed E-state index contributed by atoms with van der Waals surface area (Å²) in [5.74, 6) is 1.73. The fraction of sp³-hybridized carbons (Fsp3) is 0.375. The summed E-state index contributed by atoms with van der Waals surface area (Å²) < 4.78 is 18.8. The zero-order valence-electron chi connectivity index (χ0n) is 12.5. The molecule has 0 radical (unpaired) electrons. The molecule has 0 bridgehead atoms. The summed E-state index contributed by atoms with van der Waals surface area (Å²) in [5.41, 5.74) is 0.656. The molecule has 0 amide bonds. The van der Waals surface area contributed by atoms with Crippen molar-refractivity contribution in [1.29, 1.82) is 0 Å². The van der Waals surface area contributed by atoms with E-state index in [4.69, 9.17) is 4.74 Å². The van der Waals surface area contributed by atoms with E-state index in [0.717, 1.165) is 31.8 Å². The number of rotatable bonds is 5. The highest BCUT2D eigenvalue weighted by molar-refractivity contribution is 5.59. The number of anilines is 3. The van der Waals surface area contributed by atoms with Gasteiger partial charge in [-0.05, 0) is 38.0 Å². The van der Waals surface area contributed by atoms with Crippen LogP contribution in [0.5, 0.6) is 0 Å². The summed E-state index contributed by atoms with van der Waals surface area (Å²) in [4.78, 5) is 8.68. The van der Waals surface area contributed by atoms with Crippen molar-refractivity contribution in [1.82, 2.24) is 9.97 Å². The van der Waals surface area contributed by atoms with Gasteiger partial charge in [-0.3, -0.25) is 0 Å². The molecular formula is C16H19FN4O. The third-order valence-corrected chi connectivity index (χ3v) is 3.47. The third kappa shape index (κ3) is 3.92. The summed E-state index contributed by atoms with van der Waals surface area (Å²) >= 11 is 0. The van der Waals surface area contributed by atoms with E-state index in [9.17, 15) is 4.39 Å². The van der Waals surface area contributed by atoms with Crippen molar-refractivity contribution in [2.45, 2.75) is 25.9 Å². The normalized spacial score (nSPS) is 17.5. The number of aryl methyl sites for hydroxylation is 1. The van der Waals surface area contributed by atoms with Gasteiger partial charge in [-0.25, -0.2) is 14.4 Å². The van der Waals surface area contributed by atoms with Crippen LogP contribution in [0.4, 0.5) is 21.7 Å². The van der Waals surface area contributed by atoms with E-state index in [0.29, 0.717) is 17.3 Å². The number of hydrogen-bond donors (Lipinski definition) is 2. The van der Waals surface area contributed by atoms with Crippen LogP contribution < -0.4 is 10.6 Å². The molecule has 2 heterocycles. The Morgan fingerprint density at radius 2 is 2.14 bits per heavy atom. The van der Waals surface area contributed by atoms with E-state index in [2.05, 4.69) is 20.6 Å². The van der Waals surface area contributed by atoms with Crippen LogP contribution in [0.2, 0.25) is 0 Å². The van der Waals surface area contributed by atoms with Crippen molar-refractivity contribution in [3.8, 4) is 0 Å². The lowest BCUT2D eigenvalue weighted by Crippen LogP contribution is -2.19. The Kier molecular flexibility index (Phi) is 4.48. The molecule has 0 saturated carbocycles. The Morgan fingerprint density at radius 1 is 1.27 bits per heavy atom. The molecule has 1 saturated heterocycles. The van der Waals surface area contributed by atoms with Crippen molar-refractivity contribution in [3.05, 3.63) is 42.0 Å². The van der Waals surface area contributed by atoms with Crippen LogP contribution in [0.3, 0.4) is 0 Å². The maximum absolute atomic E-state index is 13.2. The molecule has 3 rings (SSSR count). The molecule has 2 N–H and O–H groups in total. The Hall–Kier alpha value is -2.21. The van der Waals surface area contributed by atoms with Gasteiger partial charge in [0.1, 0.15) is 23.3 Å². The number of halogens is 1. The maximum atomic E-state index is 13.2. The maximum Gasteiger partial charge on any atom is 0.136 e. The molecule has 0 spiro atoms. The molecule has 1 aliphatic rings. The highest BCUT2D eigenvalue weighted by Crippen LogP contribution is 2.19. The number of hydrogen-bond acceptors (Lipinski definition) is 5. The lowest BCUT2D eigenvalue weighted by molar-refractivity contribution is 0.120. The molecule has 1 unspecified atom stereocenters. The Balaban J connectivity index is 1.68. The van der Waals surface area contributed by atoms with Gasteiger partial charge in [0.25, 0.3) is 0 Å². The fourth-order valence-corrected chi connectivity index (χ4v) is 2.46. The number of nitrogens with one attached hydrogen (secondary N) is 2. The van der Waals surface area contributed by atoms with E-state index in [1.165, 1.54) is 12.1 Å². The molecule has 1 fully saturated rings. The highest BCUT2D eigenvalue weighted by atomic mass is 19.1. The molecule has 1 atom stereocenters. The van der Waals surface area contributed by atoms with Gasteiger partial charge in [-0.1, -0.05) is 6.07 Å². The summed E-state index contributed by atoms with van der Waals surface area (Å²) in [6, 6.07) is 8.09. The van der Waals surface area contributed by atoms with Crippen LogP contribution in [0.15, 0.2) is 30.3 Å². The summed E-state index contributed by atoms with van der Waals surface area (Å²) in [6.07, 6.45) is 2.43. The minimum Gasteiger partial charge on any atom is -0.376 e. The second-order valence-corrected chi connectivity index (χ2v) is 5.34.